The number of Topliss-reactive ketones (excluding diaryl/α,β-unsaturated/α-hetero) is 1. The molecule has 1 amide bonds. The number of hydrogen-bond acceptors (Lipinski definition) is 3. The number of halogens is 1. The van der Waals surface area contributed by atoms with Crippen LogP contribution in [0.25, 0.3) is 0 Å². The van der Waals surface area contributed by atoms with Gasteiger partial charge in [-0.15, -0.1) is 0 Å². The largest absolute Gasteiger partial charge is 0.366 e. The molecule has 1 aromatic carbocycles. The summed E-state index contributed by atoms with van der Waals surface area (Å²) in [5.74, 6) is -0.867. The molecule has 0 unspecified atom stereocenters. The SMILES string of the molecule is CC(=O)c1cc(C(N)=O)cc(C(=O)I)c1. The average Bonchev–Trinajstić information content (AvgIpc) is 2.16. The average molecular weight is 317 g/mol. The third kappa shape index (κ3) is 2.85. The van der Waals surface area contributed by atoms with Crippen LogP contribution in [0.3, 0.4) is 0 Å². The molecule has 0 radical (unpaired) electrons. The van der Waals surface area contributed by atoms with Gasteiger partial charge in [0.1, 0.15) is 0 Å². The summed E-state index contributed by atoms with van der Waals surface area (Å²) in [6, 6.07) is 4.21. The lowest BCUT2D eigenvalue weighted by molar-refractivity contribution is 0.1000. The molecule has 0 bridgehead atoms. The Morgan fingerprint density at radius 2 is 1.53 bits per heavy atom. The third-order valence-corrected chi connectivity index (χ3v) is 2.47. The quantitative estimate of drug-likeness (QED) is 0.522. The predicted molar refractivity (Wildman–Crippen MR) is 63.3 cm³/mol. The molecule has 4 nitrogen and oxygen atoms in total. The Hall–Kier alpha value is -1.24. The standard InChI is InChI=1S/C10H8INO3/c1-5(13)6-2-7(9(11)14)4-8(3-6)10(12)15/h2-4H,1H3,(H2,12,15). The van der Waals surface area contributed by atoms with Crippen molar-refractivity contribution in [2.24, 2.45) is 5.73 Å². The number of rotatable bonds is 3. The van der Waals surface area contributed by atoms with Gasteiger partial charge in [0, 0.05) is 39.3 Å². The lowest BCUT2D eigenvalue weighted by Crippen LogP contribution is -2.13. The Bertz CT molecular complexity index is 375. The topological polar surface area (TPSA) is 77.2 Å². The monoisotopic (exact) mass is 317 g/mol. The molecule has 0 heterocycles. The summed E-state index contributed by atoms with van der Waals surface area (Å²) in [7, 11) is 0. The minimum atomic E-state index is -0.656. The lowest BCUT2D eigenvalue weighted by Gasteiger charge is -2.02. The molecule has 0 aliphatic carbocycles. The summed E-state index contributed by atoms with van der Waals surface area (Å²) in [6.45, 7) is 1.36. The number of carbonyl (C=O) groups excluding carboxylic acids is 3. The predicted octanol–water partition coefficient (Wildman–Crippen LogP) is 1.56. The smallest absolute Gasteiger partial charge is 0.248 e. The molecule has 0 saturated heterocycles. The van der Waals surface area contributed by atoms with Crippen molar-refractivity contribution in [1.82, 2.24) is 0 Å². The van der Waals surface area contributed by atoms with E-state index in [-0.39, 0.29) is 15.1 Å². The number of benzene rings is 1. The number of primary amides is 1. The van der Waals surface area contributed by atoms with Crippen molar-refractivity contribution in [3.05, 3.63) is 34.9 Å². The van der Waals surface area contributed by atoms with Gasteiger partial charge in [0.05, 0.1) is 0 Å². The minimum Gasteiger partial charge on any atom is -0.366 e. The summed E-state index contributed by atoms with van der Waals surface area (Å²) < 4.78 is -0.238. The number of ketones is 1. The molecule has 1 aromatic rings. The van der Waals surface area contributed by atoms with Crippen LogP contribution in [0, 0.1) is 0 Å². The Morgan fingerprint density at radius 1 is 1.07 bits per heavy atom. The van der Waals surface area contributed by atoms with Crippen molar-refractivity contribution in [2.75, 3.05) is 0 Å². The highest BCUT2D eigenvalue weighted by Crippen LogP contribution is 2.14. The molecule has 0 fully saturated rings. The van der Waals surface area contributed by atoms with Crippen molar-refractivity contribution in [3.8, 4) is 0 Å². The van der Waals surface area contributed by atoms with E-state index in [4.69, 9.17) is 5.73 Å². The zero-order valence-electron chi connectivity index (χ0n) is 7.91. The van der Waals surface area contributed by atoms with Crippen molar-refractivity contribution >= 4 is 38.1 Å². The summed E-state index contributed by atoms with van der Waals surface area (Å²) in [6.07, 6.45) is 0. The fourth-order valence-electron chi connectivity index (χ4n) is 1.09. The molecular formula is C10H8INO3. The van der Waals surface area contributed by atoms with E-state index < -0.39 is 5.91 Å². The molecule has 0 aliphatic heterocycles. The molecule has 78 valence electrons. The zero-order valence-corrected chi connectivity index (χ0v) is 10.1. The fourth-order valence-corrected chi connectivity index (χ4v) is 1.40. The number of nitrogens with two attached hydrogens (primary N) is 1. The first-order chi connectivity index (χ1) is 6.91. The highest BCUT2D eigenvalue weighted by atomic mass is 127. The normalized spacial score (nSPS) is 9.73. The second-order valence-electron chi connectivity index (χ2n) is 2.99. The van der Waals surface area contributed by atoms with E-state index >= 15 is 0 Å². The van der Waals surface area contributed by atoms with Crippen LogP contribution in [0.1, 0.15) is 38.0 Å². The summed E-state index contributed by atoms with van der Waals surface area (Å²) in [5, 5.41) is 0. The minimum absolute atomic E-state index is 0.169. The first-order valence-corrected chi connectivity index (χ1v) is 5.15. The summed E-state index contributed by atoms with van der Waals surface area (Å²) >= 11 is 1.59. The molecule has 0 saturated carbocycles. The highest BCUT2D eigenvalue weighted by Gasteiger charge is 2.11. The van der Waals surface area contributed by atoms with E-state index in [9.17, 15) is 14.4 Å². The molecule has 0 spiro atoms. The van der Waals surface area contributed by atoms with Gasteiger partial charge in [0.2, 0.25) is 9.70 Å². The second kappa shape index (κ2) is 4.52. The molecule has 15 heavy (non-hydrogen) atoms. The Balaban J connectivity index is 3.39. The van der Waals surface area contributed by atoms with E-state index in [1.807, 2.05) is 0 Å². The van der Waals surface area contributed by atoms with Gasteiger partial charge in [-0.1, -0.05) is 0 Å². The highest BCUT2D eigenvalue weighted by molar-refractivity contribution is 14.1. The van der Waals surface area contributed by atoms with Crippen molar-refractivity contribution < 1.29 is 14.4 Å². The van der Waals surface area contributed by atoms with E-state index in [2.05, 4.69) is 0 Å². The van der Waals surface area contributed by atoms with Crippen LogP contribution in [-0.2, 0) is 0 Å². The molecule has 0 aromatic heterocycles. The number of hydrogen-bond donors (Lipinski definition) is 1. The van der Waals surface area contributed by atoms with Crippen molar-refractivity contribution in [1.29, 1.82) is 0 Å². The van der Waals surface area contributed by atoms with Crippen LogP contribution in [0.2, 0.25) is 0 Å². The van der Waals surface area contributed by atoms with Crippen LogP contribution in [0.5, 0.6) is 0 Å². The van der Waals surface area contributed by atoms with E-state index in [0.29, 0.717) is 11.1 Å². The van der Waals surface area contributed by atoms with Gasteiger partial charge in [-0.05, 0) is 25.1 Å². The molecule has 5 heteroatoms. The van der Waals surface area contributed by atoms with Gasteiger partial charge in [0.25, 0.3) is 0 Å². The van der Waals surface area contributed by atoms with Crippen LogP contribution < -0.4 is 5.73 Å². The van der Waals surface area contributed by atoms with E-state index in [0.717, 1.165) is 0 Å². The Kier molecular flexibility index (Phi) is 3.57. The third-order valence-electron chi connectivity index (χ3n) is 1.85. The second-order valence-corrected chi connectivity index (χ2v) is 3.97. The van der Waals surface area contributed by atoms with E-state index in [1.54, 1.807) is 22.6 Å². The first kappa shape index (κ1) is 11.8. The van der Waals surface area contributed by atoms with Crippen molar-refractivity contribution in [3.63, 3.8) is 0 Å². The van der Waals surface area contributed by atoms with Gasteiger partial charge >= 0.3 is 0 Å². The summed E-state index contributed by atoms with van der Waals surface area (Å²) in [4.78, 5) is 33.2. The Labute approximate surface area is 100.0 Å². The zero-order chi connectivity index (χ0) is 11.6. The lowest BCUT2D eigenvalue weighted by atomic mass is 10.0. The molecule has 0 aliphatic rings. The van der Waals surface area contributed by atoms with Crippen LogP contribution in [0.15, 0.2) is 18.2 Å². The fraction of sp³-hybridized carbons (Fsp3) is 0.100. The maximum atomic E-state index is 11.1. The maximum absolute atomic E-state index is 11.1. The van der Waals surface area contributed by atoms with Crippen molar-refractivity contribution in [2.45, 2.75) is 6.92 Å². The molecule has 2 N–H and O–H groups in total. The first-order valence-electron chi connectivity index (χ1n) is 4.07. The van der Waals surface area contributed by atoms with Gasteiger partial charge < -0.3 is 5.73 Å². The number of carbonyl (C=O) groups is 3. The van der Waals surface area contributed by atoms with Gasteiger partial charge in [-0.2, -0.15) is 0 Å². The molecular weight excluding hydrogens is 309 g/mol. The summed E-state index contributed by atoms with van der Waals surface area (Å²) in [5.41, 5.74) is 5.87. The van der Waals surface area contributed by atoms with Crippen LogP contribution >= 0.6 is 22.6 Å². The van der Waals surface area contributed by atoms with Crippen LogP contribution in [-0.4, -0.2) is 15.5 Å². The van der Waals surface area contributed by atoms with Gasteiger partial charge in [0.15, 0.2) is 5.78 Å². The molecule has 1 rings (SSSR count). The van der Waals surface area contributed by atoms with Crippen LogP contribution in [0.4, 0.5) is 0 Å². The van der Waals surface area contributed by atoms with Gasteiger partial charge in [-0.3, -0.25) is 14.4 Å². The van der Waals surface area contributed by atoms with Gasteiger partial charge in [-0.25, -0.2) is 0 Å². The Morgan fingerprint density at radius 3 is 1.93 bits per heavy atom. The number of amides is 1. The maximum Gasteiger partial charge on any atom is 0.248 e. The van der Waals surface area contributed by atoms with E-state index in [1.165, 1.54) is 25.1 Å². The molecule has 0 atom stereocenters.